The highest BCUT2D eigenvalue weighted by Crippen LogP contribution is 2.41. The number of imidazole rings is 1. The van der Waals surface area contributed by atoms with Crippen LogP contribution in [0, 0.1) is 18.8 Å². The lowest BCUT2D eigenvalue weighted by atomic mass is 9.78. The molecule has 4 atom stereocenters. The smallest absolute Gasteiger partial charge is 0.160 e. The van der Waals surface area contributed by atoms with Crippen molar-refractivity contribution in [2.75, 3.05) is 0 Å². The lowest BCUT2D eigenvalue weighted by Crippen LogP contribution is -2.28. The molecule has 2 aromatic rings. The number of pyridine rings is 1. The zero-order valence-electron chi connectivity index (χ0n) is 13.3. The van der Waals surface area contributed by atoms with Crippen LogP contribution >= 0.6 is 11.6 Å². The molecule has 4 unspecified atom stereocenters. The third-order valence-corrected chi connectivity index (χ3v) is 5.24. The van der Waals surface area contributed by atoms with E-state index in [4.69, 9.17) is 16.6 Å². The summed E-state index contributed by atoms with van der Waals surface area (Å²) in [5.74, 6) is 2.34. The number of hydrogen-bond acceptors (Lipinski definition) is 2. The van der Waals surface area contributed by atoms with Crippen LogP contribution in [0.2, 0.25) is 0 Å². The molecule has 0 aromatic carbocycles. The van der Waals surface area contributed by atoms with Crippen molar-refractivity contribution in [3.63, 3.8) is 0 Å². The summed E-state index contributed by atoms with van der Waals surface area (Å²) in [7, 11) is 0. The van der Waals surface area contributed by atoms with E-state index in [1.54, 1.807) is 0 Å². The normalized spacial score (nSPS) is 28.0. The molecule has 1 saturated carbocycles. The maximum atomic E-state index is 6.41. The zero-order valence-corrected chi connectivity index (χ0v) is 14.1. The Morgan fingerprint density at radius 3 is 2.81 bits per heavy atom. The minimum atomic E-state index is -0.0936. The standard InChI is InChI=1S/C17H24ClN3/c1-10-8-14-17(19-9-10)21(16(20-14)13(4)18)15-7-5-6-11(2)12(15)3/h8-9,11-13,15H,5-7H2,1-4H3. The molecular weight excluding hydrogens is 282 g/mol. The number of hydrogen-bond donors (Lipinski definition) is 0. The fraction of sp³-hybridized carbons (Fsp3) is 0.647. The number of aryl methyl sites for hydroxylation is 1. The number of fused-ring (bicyclic) bond motifs is 1. The Kier molecular flexibility index (Phi) is 3.96. The van der Waals surface area contributed by atoms with E-state index in [9.17, 15) is 0 Å². The first-order valence-electron chi connectivity index (χ1n) is 7.97. The van der Waals surface area contributed by atoms with Crippen molar-refractivity contribution in [1.29, 1.82) is 0 Å². The molecule has 4 heteroatoms. The van der Waals surface area contributed by atoms with E-state index in [2.05, 4.69) is 36.4 Å². The molecule has 0 bridgehead atoms. The molecule has 3 nitrogen and oxygen atoms in total. The minimum Gasteiger partial charge on any atom is -0.308 e. The van der Waals surface area contributed by atoms with Crippen molar-refractivity contribution in [1.82, 2.24) is 14.5 Å². The third-order valence-electron chi connectivity index (χ3n) is 5.05. The number of aromatic nitrogens is 3. The van der Waals surface area contributed by atoms with E-state index in [-0.39, 0.29) is 5.38 Å². The fourth-order valence-corrected chi connectivity index (χ4v) is 3.78. The van der Waals surface area contributed by atoms with Crippen LogP contribution < -0.4 is 0 Å². The molecule has 1 aliphatic rings. The maximum absolute atomic E-state index is 6.41. The molecule has 3 rings (SSSR count). The van der Waals surface area contributed by atoms with Gasteiger partial charge in [0.1, 0.15) is 11.3 Å². The van der Waals surface area contributed by atoms with Crippen molar-refractivity contribution in [2.45, 2.75) is 58.4 Å². The van der Waals surface area contributed by atoms with Gasteiger partial charge in [0.2, 0.25) is 0 Å². The third kappa shape index (κ3) is 2.57. The molecule has 2 aromatic heterocycles. The quantitative estimate of drug-likeness (QED) is 0.728. The number of nitrogens with zero attached hydrogens (tertiary/aromatic N) is 3. The molecular formula is C17H24ClN3. The fourth-order valence-electron chi connectivity index (χ4n) is 3.63. The van der Waals surface area contributed by atoms with Crippen LogP contribution in [-0.2, 0) is 0 Å². The van der Waals surface area contributed by atoms with Crippen molar-refractivity contribution in [3.05, 3.63) is 23.7 Å². The number of alkyl halides is 1. The summed E-state index contributed by atoms with van der Waals surface area (Å²) in [4.78, 5) is 9.44. The summed E-state index contributed by atoms with van der Waals surface area (Å²) >= 11 is 6.41. The number of halogens is 1. The number of rotatable bonds is 2. The van der Waals surface area contributed by atoms with Crippen LogP contribution in [-0.4, -0.2) is 14.5 Å². The first-order chi connectivity index (χ1) is 9.99. The Balaban J connectivity index is 2.17. The molecule has 0 radical (unpaired) electrons. The van der Waals surface area contributed by atoms with Crippen LogP contribution in [0.3, 0.4) is 0 Å². The second-order valence-electron chi connectivity index (χ2n) is 6.65. The van der Waals surface area contributed by atoms with E-state index in [0.29, 0.717) is 12.0 Å². The molecule has 0 amide bonds. The molecule has 0 N–H and O–H groups in total. The topological polar surface area (TPSA) is 30.7 Å². The lowest BCUT2D eigenvalue weighted by Gasteiger charge is -2.36. The van der Waals surface area contributed by atoms with Crippen LogP contribution in [0.15, 0.2) is 12.3 Å². The first kappa shape index (κ1) is 14.8. The van der Waals surface area contributed by atoms with Crippen molar-refractivity contribution < 1.29 is 0 Å². The average molecular weight is 306 g/mol. The second kappa shape index (κ2) is 5.60. The average Bonchev–Trinajstić information content (AvgIpc) is 2.80. The van der Waals surface area contributed by atoms with E-state index in [1.165, 1.54) is 19.3 Å². The van der Waals surface area contributed by atoms with Gasteiger partial charge in [0.15, 0.2) is 5.65 Å². The molecule has 0 spiro atoms. The van der Waals surface area contributed by atoms with Gasteiger partial charge < -0.3 is 4.57 Å². The lowest BCUT2D eigenvalue weighted by molar-refractivity contribution is 0.186. The van der Waals surface area contributed by atoms with Crippen LogP contribution in [0.4, 0.5) is 0 Å². The molecule has 2 heterocycles. The maximum Gasteiger partial charge on any atom is 0.160 e. The SMILES string of the molecule is Cc1cnc2c(c1)nc(C(C)Cl)n2C1CCCC(C)C1C. The molecule has 114 valence electrons. The van der Waals surface area contributed by atoms with Gasteiger partial charge in [0.25, 0.3) is 0 Å². The Hall–Kier alpha value is -1.09. The molecule has 1 fully saturated rings. The predicted molar refractivity (Wildman–Crippen MR) is 87.7 cm³/mol. The van der Waals surface area contributed by atoms with Gasteiger partial charge in [-0.15, -0.1) is 11.6 Å². The van der Waals surface area contributed by atoms with Crippen molar-refractivity contribution >= 4 is 22.8 Å². The predicted octanol–water partition coefficient (Wildman–Crippen LogP) is 5.04. The summed E-state index contributed by atoms with van der Waals surface area (Å²) in [5, 5.41) is -0.0936. The molecule has 0 aliphatic heterocycles. The van der Waals surface area contributed by atoms with Gasteiger partial charge in [-0.25, -0.2) is 9.97 Å². The Morgan fingerprint density at radius 2 is 2.10 bits per heavy atom. The Morgan fingerprint density at radius 1 is 1.33 bits per heavy atom. The van der Waals surface area contributed by atoms with E-state index in [0.717, 1.165) is 28.5 Å². The molecule has 21 heavy (non-hydrogen) atoms. The van der Waals surface area contributed by atoms with Crippen LogP contribution in [0.5, 0.6) is 0 Å². The van der Waals surface area contributed by atoms with Gasteiger partial charge >= 0.3 is 0 Å². The van der Waals surface area contributed by atoms with Crippen LogP contribution in [0.25, 0.3) is 11.2 Å². The van der Waals surface area contributed by atoms with Gasteiger partial charge in [-0.2, -0.15) is 0 Å². The van der Waals surface area contributed by atoms with Gasteiger partial charge in [0.05, 0.1) is 5.38 Å². The van der Waals surface area contributed by atoms with Crippen molar-refractivity contribution in [2.24, 2.45) is 11.8 Å². The van der Waals surface area contributed by atoms with E-state index >= 15 is 0 Å². The first-order valence-corrected chi connectivity index (χ1v) is 8.41. The highest BCUT2D eigenvalue weighted by Gasteiger charge is 2.32. The second-order valence-corrected chi connectivity index (χ2v) is 7.30. The van der Waals surface area contributed by atoms with Gasteiger partial charge in [-0.3, -0.25) is 0 Å². The summed E-state index contributed by atoms with van der Waals surface area (Å²) in [6, 6.07) is 2.57. The zero-order chi connectivity index (χ0) is 15.1. The van der Waals surface area contributed by atoms with E-state index in [1.807, 2.05) is 13.1 Å². The monoisotopic (exact) mass is 305 g/mol. The van der Waals surface area contributed by atoms with Gasteiger partial charge in [0, 0.05) is 12.2 Å². The molecule has 0 saturated heterocycles. The van der Waals surface area contributed by atoms with Crippen molar-refractivity contribution in [3.8, 4) is 0 Å². The largest absolute Gasteiger partial charge is 0.308 e. The van der Waals surface area contributed by atoms with Gasteiger partial charge in [-0.05, 0) is 43.7 Å². The highest BCUT2D eigenvalue weighted by atomic mass is 35.5. The van der Waals surface area contributed by atoms with E-state index < -0.39 is 0 Å². The summed E-state index contributed by atoms with van der Waals surface area (Å²) in [5.41, 5.74) is 3.11. The Labute approximate surface area is 131 Å². The minimum absolute atomic E-state index is 0.0936. The highest BCUT2D eigenvalue weighted by molar-refractivity contribution is 6.20. The summed E-state index contributed by atoms with van der Waals surface area (Å²) in [6.07, 6.45) is 5.73. The van der Waals surface area contributed by atoms with Gasteiger partial charge in [-0.1, -0.05) is 26.7 Å². The molecule has 1 aliphatic carbocycles. The summed E-state index contributed by atoms with van der Waals surface area (Å²) in [6.45, 7) is 8.78. The Bertz CT molecular complexity index is 647. The summed E-state index contributed by atoms with van der Waals surface area (Å²) < 4.78 is 2.33. The van der Waals surface area contributed by atoms with Crippen LogP contribution in [0.1, 0.15) is 62.8 Å².